The van der Waals surface area contributed by atoms with E-state index >= 15 is 0 Å². The number of rotatable bonds is 7. The molecule has 1 heterocycles. The van der Waals surface area contributed by atoms with E-state index in [1.165, 1.54) is 0 Å². The van der Waals surface area contributed by atoms with Gasteiger partial charge in [0.2, 0.25) is 0 Å². The Kier molecular flexibility index (Phi) is 6.07. The Labute approximate surface area is 162 Å². The van der Waals surface area contributed by atoms with Crippen molar-refractivity contribution in [1.82, 2.24) is 0 Å². The van der Waals surface area contributed by atoms with Crippen LogP contribution in [-0.4, -0.2) is 18.5 Å². The molecule has 1 amide bonds. The van der Waals surface area contributed by atoms with Crippen molar-refractivity contribution >= 4 is 28.5 Å². The number of aryl methyl sites for hydroxylation is 1. The summed E-state index contributed by atoms with van der Waals surface area (Å²) in [5.74, 6) is -0.923. The van der Waals surface area contributed by atoms with Gasteiger partial charge in [0.05, 0.1) is 25.2 Å². The minimum Gasteiger partial charge on any atom is -0.464 e. The number of nitrogens with zero attached hydrogens (tertiary/aromatic N) is 1. The zero-order chi connectivity index (χ0) is 19.9. The van der Waals surface area contributed by atoms with Crippen LogP contribution in [0.3, 0.4) is 0 Å². The summed E-state index contributed by atoms with van der Waals surface area (Å²) < 4.78 is 10.6. The Balaban J connectivity index is 1.51. The van der Waals surface area contributed by atoms with Gasteiger partial charge in [-0.25, -0.2) is 0 Å². The molecule has 2 aromatic carbocycles. The van der Waals surface area contributed by atoms with E-state index in [0.29, 0.717) is 12.1 Å². The number of fused-ring (bicyclic) bond motifs is 1. The molecule has 0 aliphatic carbocycles. The van der Waals surface area contributed by atoms with Gasteiger partial charge in [0.1, 0.15) is 5.58 Å². The highest BCUT2D eigenvalue weighted by molar-refractivity contribution is 5.93. The molecule has 3 aromatic rings. The normalized spacial score (nSPS) is 10.4. The lowest BCUT2D eigenvalue weighted by molar-refractivity contribution is -0.146. The monoisotopic (exact) mass is 376 g/mol. The van der Waals surface area contributed by atoms with E-state index in [2.05, 4.69) is 18.3 Å². The summed E-state index contributed by atoms with van der Waals surface area (Å²) in [7, 11) is 0. The molecule has 28 heavy (non-hydrogen) atoms. The maximum atomic E-state index is 12.1. The molecule has 3 rings (SSSR count). The number of hydrogen-bond donors (Lipinski definition) is 1. The molecular formula is C22H20N2O4. The molecule has 142 valence electrons. The fraction of sp³-hybridized carbons (Fsp3) is 0.227. The molecule has 0 atom stereocenters. The Bertz CT molecular complexity index is 1030. The van der Waals surface area contributed by atoms with Gasteiger partial charge in [-0.3, -0.25) is 9.59 Å². The van der Waals surface area contributed by atoms with Crippen LogP contribution < -0.4 is 5.32 Å². The lowest BCUT2D eigenvalue weighted by atomic mass is 10.1. The first-order valence-corrected chi connectivity index (χ1v) is 8.99. The summed E-state index contributed by atoms with van der Waals surface area (Å²) >= 11 is 0. The summed E-state index contributed by atoms with van der Waals surface area (Å²) in [5, 5.41) is 12.2. The highest BCUT2D eigenvalue weighted by atomic mass is 16.5. The number of ether oxygens (including phenoxy) is 1. The maximum Gasteiger partial charge on any atom is 0.310 e. The molecule has 0 radical (unpaired) electrons. The molecule has 6 heteroatoms. The minimum absolute atomic E-state index is 0.0363. The number of carbonyl (C=O) groups excluding carboxylic acids is 2. The van der Waals surface area contributed by atoms with Crippen molar-refractivity contribution in [3.8, 4) is 6.07 Å². The van der Waals surface area contributed by atoms with Crippen LogP contribution in [-0.2, 0) is 33.6 Å². The standard InChI is InChI=1S/C22H20N2O4/c1-2-15-5-8-19-17(13-27-20(19)11-15)12-22(26)28-14-21(25)24-18-6-3-16(4-7-18)9-10-23/h3-8,11,13H,2,9,12,14H2,1H3,(H,24,25). The SMILES string of the molecule is CCc1ccc2c(CC(=O)OCC(=O)Nc3ccc(CC#N)cc3)coc2c1. The largest absolute Gasteiger partial charge is 0.464 e. The van der Waals surface area contributed by atoms with E-state index < -0.39 is 11.9 Å². The smallest absolute Gasteiger partial charge is 0.310 e. The number of hydrogen-bond acceptors (Lipinski definition) is 5. The van der Waals surface area contributed by atoms with Crippen LogP contribution in [0.15, 0.2) is 53.1 Å². The number of esters is 1. The third-order valence-corrected chi connectivity index (χ3v) is 4.35. The van der Waals surface area contributed by atoms with E-state index in [4.69, 9.17) is 14.4 Å². The summed E-state index contributed by atoms with van der Waals surface area (Å²) in [6, 6.07) is 14.9. The van der Waals surface area contributed by atoms with E-state index in [9.17, 15) is 9.59 Å². The van der Waals surface area contributed by atoms with Crippen LogP contribution in [0.25, 0.3) is 11.0 Å². The second kappa shape index (κ2) is 8.87. The number of nitrogens with one attached hydrogen (secondary N) is 1. The first kappa shape index (κ1) is 19.2. The average Bonchev–Trinajstić information content (AvgIpc) is 3.10. The van der Waals surface area contributed by atoms with Crippen LogP contribution in [0, 0.1) is 11.3 Å². The highest BCUT2D eigenvalue weighted by Crippen LogP contribution is 2.23. The number of anilines is 1. The van der Waals surface area contributed by atoms with Crippen molar-refractivity contribution in [2.75, 3.05) is 11.9 Å². The van der Waals surface area contributed by atoms with Crippen molar-refractivity contribution in [2.45, 2.75) is 26.2 Å². The van der Waals surface area contributed by atoms with Crippen LogP contribution in [0.5, 0.6) is 0 Å². The molecule has 1 N–H and O–H groups in total. The van der Waals surface area contributed by atoms with E-state index in [-0.39, 0.29) is 13.0 Å². The predicted molar refractivity (Wildman–Crippen MR) is 105 cm³/mol. The Morgan fingerprint density at radius 2 is 1.89 bits per heavy atom. The van der Waals surface area contributed by atoms with Gasteiger partial charge < -0.3 is 14.5 Å². The van der Waals surface area contributed by atoms with E-state index in [1.807, 2.05) is 18.2 Å². The predicted octanol–water partition coefficient (Wildman–Crippen LogP) is 3.79. The minimum atomic E-state index is -0.498. The third kappa shape index (κ3) is 4.77. The van der Waals surface area contributed by atoms with Gasteiger partial charge in [0, 0.05) is 16.6 Å². The molecule has 0 saturated carbocycles. The van der Waals surface area contributed by atoms with Gasteiger partial charge in [-0.1, -0.05) is 31.2 Å². The quantitative estimate of drug-likeness (QED) is 0.634. The summed E-state index contributed by atoms with van der Waals surface area (Å²) in [6.45, 7) is 1.70. The van der Waals surface area contributed by atoms with Crippen LogP contribution in [0.2, 0.25) is 0 Å². The number of carbonyl (C=O) groups is 2. The number of benzene rings is 2. The lowest BCUT2D eigenvalue weighted by Gasteiger charge is -2.07. The van der Waals surface area contributed by atoms with Crippen LogP contribution >= 0.6 is 0 Å². The van der Waals surface area contributed by atoms with Crippen molar-refractivity contribution in [2.24, 2.45) is 0 Å². The second-order valence-corrected chi connectivity index (χ2v) is 6.36. The number of amides is 1. The fourth-order valence-electron chi connectivity index (χ4n) is 2.83. The molecule has 0 aliphatic rings. The van der Waals surface area contributed by atoms with Gasteiger partial charge in [-0.2, -0.15) is 5.26 Å². The first-order valence-electron chi connectivity index (χ1n) is 8.99. The third-order valence-electron chi connectivity index (χ3n) is 4.35. The van der Waals surface area contributed by atoms with Crippen LogP contribution in [0.1, 0.15) is 23.6 Å². The van der Waals surface area contributed by atoms with Gasteiger partial charge in [0.25, 0.3) is 5.91 Å². The summed E-state index contributed by atoms with van der Waals surface area (Å²) in [6.07, 6.45) is 2.81. The lowest BCUT2D eigenvalue weighted by Crippen LogP contribution is -2.21. The molecule has 0 spiro atoms. The number of furan rings is 1. The Morgan fingerprint density at radius 1 is 1.14 bits per heavy atom. The molecule has 0 fully saturated rings. The summed E-state index contributed by atoms with van der Waals surface area (Å²) in [5.41, 5.74) is 4.07. The molecule has 0 saturated heterocycles. The Hall–Kier alpha value is -3.59. The molecule has 0 bridgehead atoms. The van der Waals surface area contributed by atoms with Gasteiger partial charge in [0.15, 0.2) is 6.61 Å². The van der Waals surface area contributed by atoms with Crippen molar-refractivity contribution in [1.29, 1.82) is 5.26 Å². The van der Waals surface area contributed by atoms with E-state index in [0.717, 1.165) is 34.1 Å². The molecule has 0 unspecified atom stereocenters. The summed E-state index contributed by atoms with van der Waals surface area (Å²) in [4.78, 5) is 24.0. The van der Waals surface area contributed by atoms with Crippen molar-refractivity contribution < 1.29 is 18.7 Å². The van der Waals surface area contributed by atoms with Crippen molar-refractivity contribution in [3.63, 3.8) is 0 Å². The van der Waals surface area contributed by atoms with Gasteiger partial charge in [-0.05, 0) is 35.7 Å². The number of nitriles is 1. The van der Waals surface area contributed by atoms with Crippen molar-refractivity contribution in [3.05, 3.63) is 65.4 Å². The molecule has 6 nitrogen and oxygen atoms in total. The molecule has 1 aromatic heterocycles. The fourth-order valence-corrected chi connectivity index (χ4v) is 2.83. The van der Waals surface area contributed by atoms with Crippen LogP contribution in [0.4, 0.5) is 5.69 Å². The average molecular weight is 376 g/mol. The second-order valence-electron chi connectivity index (χ2n) is 6.36. The first-order chi connectivity index (χ1) is 13.6. The van der Waals surface area contributed by atoms with Gasteiger partial charge in [-0.15, -0.1) is 0 Å². The highest BCUT2D eigenvalue weighted by Gasteiger charge is 2.13. The topological polar surface area (TPSA) is 92.3 Å². The van der Waals surface area contributed by atoms with E-state index in [1.54, 1.807) is 30.5 Å². The van der Waals surface area contributed by atoms with Gasteiger partial charge >= 0.3 is 5.97 Å². The Morgan fingerprint density at radius 3 is 2.61 bits per heavy atom. The molecule has 0 aliphatic heterocycles. The zero-order valence-electron chi connectivity index (χ0n) is 15.5. The maximum absolute atomic E-state index is 12.1. The zero-order valence-corrected chi connectivity index (χ0v) is 15.5. The molecular weight excluding hydrogens is 356 g/mol.